The summed E-state index contributed by atoms with van der Waals surface area (Å²) >= 11 is 0. The maximum atomic E-state index is 12.2. The molecular weight excluding hydrogens is 288 g/mol. The maximum Gasteiger partial charge on any atom is 0.254 e. The number of aromatic nitrogens is 2. The zero-order valence-corrected chi connectivity index (χ0v) is 12.5. The molecule has 1 aromatic carbocycles. The van der Waals surface area contributed by atoms with Crippen LogP contribution in [0.2, 0.25) is 0 Å². The molecule has 3 N–H and O–H groups in total. The van der Waals surface area contributed by atoms with Gasteiger partial charge in [-0.15, -0.1) is 12.4 Å². The standard InChI is InChI=1S/C15H18N4O.ClH/c16-8-9-17-15(20)13-10-18-19(14(13)11-6-7-11)12-4-2-1-3-5-12;/h1-5,10-11H,6-9,16H2,(H,17,20);1H. The molecule has 3 rings (SSSR count). The van der Waals surface area contributed by atoms with Crippen LogP contribution in [0, 0.1) is 0 Å². The highest BCUT2D eigenvalue weighted by molar-refractivity contribution is 5.95. The smallest absolute Gasteiger partial charge is 0.254 e. The minimum atomic E-state index is -0.0838. The van der Waals surface area contributed by atoms with Gasteiger partial charge in [-0.3, -0.25) is 4.79 Å². The monoisotopic (exact) mass is 306 g/mol. The molecule has 0 spiro atoms. The summed E-state index contributed by atoms with van der Waals surface area (Å²) in [6.45, 7) is 0.927. The Morgan fingerprint density at radius 1 is 1.33 bits per heavy atom. The van der Waals surface area contributed by atoms with Crippen LogP contribution in [0.15, 0.2) is 36.5 Å². The summed E-state index contributed by atoms with van der Waals surface area (Å²) in [6.07, 6.45) is 3.90. The van der Waals surface area contributed by atoms with Gasteiger partial charge in [0.2, 0.25) is 0 Å². The van der Waals surface area contributed by atoms with Crippen molar-refractivity contribution in [1.29, 1.82) is 0 Å². The predicted octanol–water partition coefficient (Wildman–Crippen LogP) is 1.86. The van der Waals surface area contributed by atoms with Crippen LogP contribution in [-0.4, -0.2) is 28.8 Å². The van der Waals surface area contributed by atoms with Gasteiger partial charge >= 0.3 is 0 Å². The SMILES string of the molecule is Cl.NCCNC(=O)c1cnn(-c2ccccc2)c1C1CC1. The number of carbonyl (C=O) groups excluding carboxylic acids is 1. The molecular formula is C15H19ClN4O. The highest BCUT2D eigenvalue weighted by Gasteiger charge is 2.32. The summed E-state index contributed by atoms with van der Waals surface area (Å²) in [5.74, 6) is 0.357. The van der Waals surface area contributed by atoms with Crippen molar-refractivity contribution in [3.05, 3.63) is 47.8 Å². The number of hydrogen-bond acceptors (Lipinski definition) is 3. The van der Waals surface area contributed by atoms with Crippen molar-refractivity contribution in [3.8, 4) is 5.69 Å². The Labute approximate surface area is 129 Å². The van der Waals surface area contributed by atoms with E-state index in [1.54, 1.807) is 6.20 Å². The molecule has 1 aliphatic rings. The number of nitrogens with zero attached hydrogens (tertiary/aromatic N) is 2. The highest BCUT2D eigenvalue weighted by Crippen LogP contribution is 2.42. The van der Waals surface area contributed by atoms with Gasteiger partial charge in [0.1, 0.15) is 0 Å². The van der Waals surface area contributed by atoms with Crippen LogP contribution >= 0.6 is 12.4 Å². The molecule has 0 radical (unpaired) electrons. The van der Waals surface area contributed by atoms with Gasteiger partial charge in [-0.2, -0.15) is 5.10 Å². The number of hydrogen-bond donors (Lipinski definition) is 2. The molecule has 0 bridgehead atoms. The molecule has 0 atom stereocenters. The van der Waals surface area contributed by atoms with E-state index in [1.807, 2.05) is 35.0 Å². The van der Waals surface area contributed by atoms with Crippen LogP contribution in [0.3, 0.4) is 0 Å². The topological polar surface area (TPSA) is 72.9 Å². The lowest BCUT2D eigenvalue weighted by Crippen LogP contribution is -2.29. The minimum Gasteiger partial charge on any atom is -0.351 e. The maximum absolute atomic E-state index is 12.2. The van der Waals surface area contributed by atoms with Gasteiger partial charge in [0.05, 0.1) is 23.1 Å². The Bertz CT molecular complexity index is 607. The van der Waals surface area contributed by atoms with Crippen molar-refractivity contribution in [2.45, 2.75) is 18.8 Å². The highest BCUT2D eigenvalue weighted by atomic mass is 35.5. The zero-order chi connectivity index (χ0) is 13.9. The van der Waals surface area contributed by atoms with Crippen molar-refractivity contribution in [2.75, 3.05) is 13.1 Å². The number of halogens is 1. The number of amides is 1. The molecule has 21 heavy (non-hydrogen) atoms. The summed E-state index contributed by atoms with van der Waals surface area (Å²) in [5.41, 5.74) is 8.11. The van der Waals surface area contributed by atoms with E-state index in [0.717, 1.165) is 24.2 Å². The van der Waals surface area contributed by atoms with E-state index in [4.69, 9.17) is 5.73 Å². The summed E-state index contributed by atoms with van der Waals surface area (Å²) in [5, 5.41) is 7.22. The van der Waals surface area contributed by atoms with Crippen molar-refractivity contribution in [3.63, 3.8) is 0 Å². The first-order chi connectivity index (χ1) is 9.81. The van der Waals surface area contributed by atoms with E-state index < -0.39 is 0 Å². The third-order valence-electron chi connectivity index (χ3n) is 3.45. The first kappa shape index (κ1) is 15.5. The van der Waals surface area contributed by atoms with E-state index >= 15 is 0 Å². The van der Waals surface area contributed by atoms with E-state index in [0.29, 0.717) is 24.6 Å². The normalized spacial score (nSPS) is 13.6. The molecule has 1 saturated carbocycles. The fourth-order valence-corrected chi connectivity index (χ4v) is 2.34. The third kappa shape index (κ3) is 3.25. The van der Waals surface area contributed by atoms with Crippen LogP contribution in [0.5, 0.6) is 0 Å². The second kappa shape index (κ2) is 6.74. The van der Waals surface area contributed by atoms with Crippen molar-refractivity contribution in [1.82, 2.24) is 15.1 Å². The lowest BCUT2D eigenvalue weighted by atomic mass is 10.1. The molecule has 2 aromatic rings. The number of nitrogens with two attached hydrogens (primary N) is 1. The minimum absolute atomic E-state index is 0. The molecule has 1 amide bonds. The molecule has 1 aliphatic carbocycles. The fraction of sp³-hybridized carbons (Fsp3) is 0.333. The van der Waals surface area contributed by atoms with Gasteiger partial charge in [0.15, 0.2) is 0 Å². The molecule has 112 valence electrons. The van der Waals surface area contributed by atoms with Gasteiger partial charge in [0, 0.05) is 19.0 Å². The Morgan fingerprint density at radius 2 is 2.05 bits per heavy atom. The van der Waals surface area contributed by atoms with Crippen LogP contribution in [0.1, 0.15) is 34.8 Å². The molecule has 0 unspecified atom stereocenters. The molecule has 0 saturated heterocycles. The molecule has 5 nitrogen and oxygen atoms in total. The largest absolute Gasteiger partial charge is 0.351 e. The van der Waals surface area contributed by atoms with E-state index in [2.05, 4.69) is 10.4 Å². The number of rotatable bonds is 5. The average Bonchev–Trinajstić information content (AvgIpc) is 3.24. The lowest BCUT2D eigenvalue weighted by molar-refractivity contribution is 0.0953. The Balaban J connectivity index is 0.00000161. The van der Waals surface area contributed by atoms with Crippen molar-refractivity contribution in [2.24, 2.45) is 5.73 Å². The third-order valence-corrected chi connectivity index (χ3v) is 3.45. The number of benzene rings is 1. The van der Waals surface area contributed by atoms with Crippen LogP contribution < -0.4 is 11.1 Å². The quantitative estimate of drug-likeness (QED) is 0.885. The van der Waals surface area contributed by atoms with E-state index in [1.165, 1.54) is 0 Å². The fourth-order valence-electron chi connectivity index (χ4n) is 2.34. The predicted molar refractivity (Wildman–Crippen MR) is 84.2 cm³/mol. The Kier molecular flexibility index (Phi) is 4.98. The van der Waals surface area contributed by atoms with Crippen molar-refractivity contribution >= 4 is 18.3 Å². The average molecular weight is 307 g/mol. The summed E-state index contributed by atoms with van der Waals surface area (Å²) in [7, 11) is 0. The summed E-state index contributed by atoms with van der Waals surface area (Å²) < 4.78 is 1.88. The van der Waals surface area contributed by atoms with Gasteiger partial charge in [-0.25, -0.2) is 4.68 Å². The molecule has 1 heterocycles. The summed E-state index contributed by atoms with van der Waals surface area (Å²) in [4.78, 5) is 12.2. The first-order valence-electron chi connectivity index (χ1n) is 6.93. The van der Waals surface area contributed by atoms with Gasteiger partial charge in [-0.1, -0.05) is 18.2 Å². The number of carbonyl (C=O) groups is 1. The van der Waals surface area contributed by atoms with Crippen molar-refractivity contribution < 1.29 is 4.79 Å². The second-order valence-corrected chi connectivity index (χ2v) is 5.01. The van der Waals surface area contributed by atoms with E-state index in [-0.39, 0.29) is 18.3 Å². The molecule has 1 aromatic heterocycles. The molecule has 1 fully saturated rings. The van der Waals surface area contributed by atoms with Crippen LogP contribution in [-0.2, 0) is 0 Å². The zero-order valence-electron chi connectivity index (χ0n) is 11.7. The molecule has 0 aliphatic heterocycles. The summed E-state index contributed by atoms with van der Waals surface area (Å²) in [6, 6.07) is 9.92. The number of para-hydroxylation sites is 1. The number of nitrogens with one attached hydrogen (secondary N) is 1. The van der Waals surface area contributed by atoms with Gasteiger partial charge in [-0.05, 0) is 25.0 Å². The van der Waals surface area contributed by atoms with E-state index in [9.17, 15) is 4.79 Å². The van der Waals surface area contributed by atoms with Gasteiger partial charge < -0.3 is 11.1 Å². The van der Waals surface area contributed by atoms with Gasteiger partial charge in [0.25, 0.3) is 5.91 Å². The van der Waals surface area contributed by atoms with Crippen LogP contribution in [0.25, 0.3) is 5.69 Å². The lowest BCUT2D eigenvalue weighted by Gasteiger charge is -2.09. The first-order valence-corrected chi connectivity index (χ1v) is 6.93. The Morgan fingerprint density at radius 3 is 2.67 bits per heavy atom. The van der Waals surface area contributed by atoms with Crippen LogP contribution in [0.4, 0.5) is 0 Å². The second-order valence-electron chi connectivity index (χ2n) is 5.01. The Hall–Kier alpha value is -1.85. The molecule has 6 heteroatoms.